The fourth-order valence-electron chi connectivity index (χ4n) is 4.06. The lowest BCUT2D eigenvalue weighted by Crippen LogP contribution is -2.57. The standard InChI is InChI=1S/C23H32N6O2/c1-4-19-8-7-9-20(16-19)26-21(30)17-25-23(24-3)29-14-12-27(13-15-29)18(2)22(31)28-10-5-6-11-28/h1,7-9,16,18H,5-6,10-15,17H2,2-3H3,(H,24,25)(H,26,30). The number of piperazine rings is 1. The Hall–Kier alpha value is -3.05. The van der Waals surface area contributed by atoms with E-state index in [4.69, 9.17) is 6.42 Å². The molecule has 2 amide bonds. The van der Waals surface area contributed by atoms with Crippen LogP contribution in [0.5, 0.6) is 0 Å². The van der Waals surface area contributed by atoms with Crippen molar-refractivity contribution in [2.75, 3.05) is 58.2 Å². The van der Waals surface area contributed by atoms with Crippen LogP contribution in [0.3, 0.4) is 0 Å². The van der Waals surface area contributed by atoms with E-state index >= 15 is 0 Å². The molecule has 2 saturated heterocycles. The van der Waals surface area contributed by atoms with Gasteiger partial charge in [0.2, 0.25) is 11.8 Å². The van der Waals surface area contributed by atoms with Crippen LogP contribution in [0.15, 0.2) is 29.3 Å². The summed E-state index contributed by atoms with van der Waals surface area (Å²) in [6, 6.07) is 7.09. The van der Waals surface area contributed by atoms with Crippen LogP contribution in [0.1, 0.15) is 25.3 Å². The predicted octanol–water partition coefficient (Wildman–Crippen LogP) is 0.810. The molecule has 0 aliphatic carbocycles. The third kappa shape index (κ3) is 5.98. The molecule has 0 aromatic heterocycles. The topological polar surface area (TPSA) is 80.3 Å². The second-order valence-corrected chi connectivity index (χ2v) is 7.91. The van der Waals surface area contributed by atoms with E-state index in [1.54, 1.807) is 19.2 Å². The third-order valence-electron chi connectivity index (χ3n) is 5.87. The Bertz CT molecular complexity index is 848. The van der Waals surface area contributed by atoms with Crippen LogP contribution in [0, 0.1) is 12.3 Å². The zero-order valence-corrected chi connectivity index (χ0v) is 18.4. The lowest BCUT2D eigenvalue weighted by atomic mass is 10.2. The van der Waals surface area contributed by atoms with Gasteiger partial charge in [0.25, 0.3) is 0 Å². The van der Waals surface area contributed by atoms with Crippen molar-refractivity contribution in [3.63, 3.8) is 0 Å². The number of benzene rings is 1. The number of aliphatic imine (C=N–C) groups is 1. The number of carbonyl (C=O) groups excluding carboxylic acids is 2. The number of guanidine groups is 1. The highest BCUT2D eigenvalue weighted by Gasteiger charge is 2.30. The molecule has 2 N–H and O–H groups in total. The van der Waals surface area contributed by atoms with Gasteiger partial charge in [0, 0.05) is 57.6 Å². The largest absolute Gasteiger partial charge is 0.347 e. The Morgan fingerprint density at radius 3 is 2.48 bits per heavy atom. The van der Waals surface area contributed by atoms with Gasteiger partial charge in [0.15, 0.2) is 5.96 Å². The Kier molecular flexibility index (Phi) is 7.90. The summed E-state index contributed by atoms with van der Waals surface area (Å²) in [5, 5.41) is 5.97. The summed E-state index contributed by atoms with van der Waals surface area (Å²) in [7, 11) is 1.71. The molecule has 0 radical (unpaired) electrons. The van der Waals surface area contributed by atoms with Crippen LogP contribution in [-0.4, -0.2) is 91.4 Å². The van der Waals surface area contributed by atoms with E-state index in [-0.39, 0.29) is 24.4 Å². The first-order chi connectivity index (χ1) is 15.0. The summed E-state index contributed by atoms with van der Waals surface area (Å²) in [6.07, 6.45) is 7.62. The molecule has 0 bridgehead atoms. The number of nitrogens with zero attached hydrogens (tertiary/aromatic N) is 4. The first kappa shape index (κ1) is 22.6. The second kappa shape index (κ2) is 10.8. The van der Waals surface area contributed by atoms with Crippen LogP contribution in [0.2, 0.25) is 0 Å². The van der Waals surface area contributed by atoms with Crippen molar-refractivity contribution in [2.24, 2.45) is 4.99 Å². The highest BCUT2D eigenvalue weighted by atomic mass is 16.2. The zero-order valence-electron chi connectivity index (χ0n) is 18.4. The molecule has 2 fully saturated rings. The molecule has 31 heavy (non-hydrogen) atoms. The van der Waals surface area contributed by atoms with E-state index in [2.05, 4.69) is 31.3 Å². The van der Waals surface area contributed by atoms with Crippen LogP contribution in [0.25, 0.3) is 0 Å². The number of likely N-dealkylation sites (tertiary alicyclic amines) is 1. The van der Waals surface area contributed by atoms with Crippen molar-refractivity contribution >= 4 is 23.5 Å². The van der Waals surface area contributed by atoms with E-state index in [0.717, 1.165) is 57.7 Å². The second-order valence-electron chi connectivity index (χ2n) is 7.91. The quantitative estimate of drug-likeness (QED) is 0.415. The molecular weight excluding hydrogens is 392 g/mol. The average Bonchev–Trinajstić information content (AvgIpc) is 3.34. The molecule has 1 aromatic rings. The van der Waals surface area contributed by atoms with Crippen molar-refractivity contribution in [3.05, 3.63) is 29.8 Å². The maximum absolute atomic E-state index is 12.7. The number of anilines is 1. The number of hydrogen-bond acceptors (Lipinski definition) is 4. The van der Waals surface area contributed by atoms with Crippen molar-refractivity contribution in [1.29, 1.82) is 0 Å². The van der Waals surface area contributed by atoms with Crippen LogP contribution >= 0.6 is 0 Å². The van der Waals surface area contributed by atoms with E-state index in [9.17, 15) is 9.59 Å². The molecule has 0 spiro atoms. The van der Waals surface area contributed by atoms with Gasteiger partial charge in [-0.1, -0.05) is 12.0 Å². The maximum Gasteiger partial charge on any atom is 0.243 e. The van der Waals surface area contributed by atoms with E-state index in [1.807, 2.05) is 24.0 Å². The molecule has 1 aromatic carbocycles. The van der Waals surface area contributed by atoms with Gasteiger partial charge in [-0.2, -0.15) is 0 Å². The van der Waals surface area contributed by atoms with Crippen molar-refractivity contribution in [1.82, 2.24) is 20.0 Å². The fourth-order valence-corrected chi connectivity index (χ4v) is 4.06. The molecule has 1 unspecified atom stereocenters. The Morgan fingerprint density at radius 2 is 1.84 bits per heavy atom. The number of carbonyl (C=O) groups is 2. The number of amides is 2. The molecule has 8 heteroatoms. The number of hydrogen-bond donors (Lipinski definition) is 2. The highest BCUT2D eigenvalue weighted by Crippen LogP contribution is 2.14. The van der Waals surface area contributed by atoms with Gasteiger partial charge in [-0.25, -0.2) is 0 Å². The average molecular weight is 425 g/mol. The normalized spacial score (nSPS) is 18.4. The lowest BCUT2D eigenvalue weighted by Gasteiger charge is -2.39. The van der Waals surface area contributed by atoms with Gasteiger partial charge in [-0.15, -0.1) is 6.42 Å². The fraction of sp³-hybridized carbons (Fsp3) is 0.522. The summed E-state index contributed by atoms with van der Waals surface area (Å²) >= 11 is 0. The SMILES string of the molecule is C#Cc1cccc(NC(=O)CNC(=NC)N2CCN(C(C)C(=O)N3CCCC3)CC2)c1. The Morgan fingerprint density at radius 1 is 1.13 bits per heavy atom. The summed E-state index contributed by atoms with van der Waals surface area (Å²) in [4.78, 5) is 35.6. The minimum absolute atomic E-state index is 0.0974. The predicted molar refractivity (Wildman–Crippen MR) is 123 cm³/mol. The first-order valence-corrected chi connectivity index (χ1v) is 10.9. The van der Waals surface area contributed by atoms with Gasteiger partial charge in [-0.3, -0.25) is 19.5 Å². The van der Waals surface area contributed by atoms with Crippen molar-refractivity contribution in [3.8, 4) is 12.3 Å². The molecule has 2 heterocycles. The summed E-state index contributed by atoms with van der Waals surface area (Å²) in [5.41, 5.74) is 1.39. The maximum atomic E-state index is 12.7. The molecular formula is C23H32N6O2. The molecule has 2 aliphatic heterocycles. The Balaban J connectivity index is 1.45. The smallest absolute Gasteiger partial charge is 0.243 e. The van der Waals surface area contributed by atoms with Gasteiger partial charge >= 0.3 is 0 Å². The molecule has 0 saturated carbocycles. The van der Waals surface area contributed by atoms with Crippen LogP contribution < -0.4 is 10.6 Å². The lowest BCUT2D eigenvalue weighted by molar-refractivity contribution is -0.135. The molecule has 8 nitrogen and oxygen atoms in total. The molecule has 166 valence electrons. The van der Waals surface area contributed by atoms with Crippen LogP contribution in [0.4, 0.5) is 5.69 Å². The zero-order chi connectivity index (χ0) is 22.2. The van der Waals surface area contributed by atoms with Crippen molar-refractivity contribution < 1.29 is 9.59 Å². The number of rotatable bonds is 5. The molecule has 3 rings (SSSR count). The Labute approximate surface area is 184 Å². The van der Waals surface area contributed by atoms with E-state index < -0.39 is 0 Å². The highest BCUT2D eigenvalue weighted by molar-refractivity contribution is 5.95. The van der Waals surface area contributed by atoms with E-state index in [1.165, 1.54) is 0 Å². The minimum atomic E-state index is -0.168. The number of nitrogens with one attached hydrogen (secondary N) is 2. The van der Waals surface area contributed by atoms with Gasteiger partial charge in [0.05, 0.1) is 12.6 Å². The summed E-state index contributed by atoms with van der Waals surface area (Å²) in [5.74, 6) is 3.31. The number of terminal acetylenes is 1. The van der Waals surface area contributed by atoms with E-state index in [0.29, 0.717) is 11.6 Å². The first-order valence-electron chi connectivity index (χ1n) is 10.9. The van der Waals surface area contributed by atoms with Gasteiger partial charge < -0.3 is 20.4 Å². The summed E-state index contributed by atoms with van der Waals surface area (Å²) in [6.45, 7) is 6.95. The van der Waals surface area contributed by atoms with Gasteiger partial charge in [-0.05, 0) is 38.0 Å². The summed E-state index contributed by atoms with van der Waals surface area (Å²) < 4.78 is 0. The van der Waals surface area contributed by atoms with Crippen molar-refractivity contribution in [2.45, 2.75) is 25.8 Å². The third-order valence-corrected chi connectivity index (χ3v) is 5.87. The monoisotopic (exact) mass is 424 g/mol. The minimum Gasteiger partial charge on any atom is -0.347 e. The van der Waals surface area contributed by atoms with Crippen LogP contribution in [-0.2, 0) is 9.59 Å². The van der Waals surface area contributed by atoms with Gasteiger partial charge in [0.1, 0.15) is 0 Å². The molecule has 1 atom stereocenters. The molecule has 2 aliphatic rings.